The number of imide groups is 1. The van der Waals surface area contributed by atoms with E-state index in [2.05, 4.69) is 16.0 Å². The van der Waals surface area contributed by atoms with Crippen molar-refractivity contribution in [1.29, 1.82) is 0 Å². The van der Waals surface area contributed by atoms with Crippen molar-refractivity contribution in [2.45, 2.75) is 57.5 Å². The van der Waals surface area contributed by atoms with Gasteiger partial charge in [0.05, 0.1) is 9.21 Å². The maximum Gasteiger partial charge on any atom is 0.325 e. The fraction of sp³-hybridized carbons (Fsp3) is 0.600. The lowest BCUT2D eigenvalue weighted by Crippen LogP contribution is -2.50. The maximum absolute atomic E-state index is 12.6. The Labute approximate surface area is 184 Å². The third-order valence-corrected chi connectivity index (χ3v) is 6.82. The standard InChI is InChI=1S/C20H27ClN4O4S/c1-12(2)15(23-16(26)13-6-7-14(21)30-13)17(27)22-10-5-11-25-18(28)20(24-19(25)29)8-3-4-9-20/h6-7,12,15H,3-5,8-11H2,1-2H3,(H,22,27)(H,23,26)(H,24,29)/t15-/m1/s1. The first-order valence-corrected chi connectivity index (χ1v) is 11.4. The Balaban J connectivity index is 1.47. The Bertz CT molecular complexity index is 835. The molecule has 10 heteroatoms. The van der Waals surface area contributed by atoms with E-state index in [1.807, 2.05) is 13.8 Å². The van der Waals surface area contributed by atoms with Gasteiger partial charge in [0.1, 0.15) is 11.6 Å². The number of carbonyl (C=O) groups is 4. The molecule has 3 N–H and O–H groups in total. The lowest BCUT2D eigenvalue weighted by molar-refractivity contribution is -0.131. The summed E-state index contributed by atoms with van der Waals surface area (Å²) < 4.78 is 0.505. The highest BCUT2D eigenvalue weighted by molar-refractivity contribution is 7.18. The van der Waals surface area contributed by atoms with Gasteiger partial charge in [-0.1, -0.05) is 38.3 Å². The molecule has 2 aliphatic rings. The largest absolute Gasteiger partial charge is 0.354 e. The van der Waals surface area contributed by atoms with Crippen LogP contribution < -0.4 is 16.0 Å². The van der Waals surface area contributed by atoms with Crippen molar-refractivity contribution in [1.82, 2.24) is 20.9 Å². The molecule has 5 amide bonds. The number of hydrogen-bond donors (Lipinski definition) is 3. The molecule has 1 aliphatic heterocycles. The van der Waals surface area contributed by atoms with E-state index in [1.165, 1.54) is 4.90 Å². The van der Waals surface area contributed by atoms with Crippen LogP contribution in [0.15, 0.2) is 12.1 Å². The third kappa shape index (κ3) is 4.78. The summed E-state index contributed by atoms with van der Waals surface area (Å²) >= 11 is 7.02. The quantitative estimate of drug-likeness (QED) is 0.414. The second-order valence-corrected chi connectivity index (χ2v) is 9.83. The molecule has 2 fully saturated rings. The van der Waals surface area contributed by atoms with Crippen LogP contribution in [0.1, 0.15) is 55.6 Å². The van der Waals surface area contributed by atoms with Crippen LogP contribution in [0.2, 0.25) is 4.34 Å². The molecule has 2 heterocycles. The minimum absolute atomic E-state index is 0.113. The van der Waals surface area contributed by atoms with Gasteiger partial charge in [-0.2, -0.15) is 0 Å². The number of amides is 5. The Morgan fingerprint density at radius 3 is 2.57 bits per heavy atom. The fourth-order valence-electron chi connectivity index (χ4n) is 3.94. The zero-order valence-electron chi connectivity index (χ0n) is 17.1. The number of thiophene rings is 1. The molecular formula is C20H27ClN4O4S. The molecule has 1 spiro atoms. The number of carbonyl (C=O) groups excluding carboxylic acids is 4. The highest BCUT2D eigenvalue weighted by Gasteiger charge is 2.52. The van der Waals surface area contributed by atoms with Crippen LogP contribution in [0.25, 0.3) is 0 Å². The SMILES string of the molecule is CC(C)[C@@H](NC(=O)c1ccc(Cl)s1)C(=O)NCCCN1C(=O)NC2(CCCC2)C1=O. The Hall–Kier alpha value is -2.13. The van der Waals surface area contributed by atoms with Crippen molar-refractivity contribution in [3.63, 3.8) is 0 Å². The van der Waals surface area contributed by atoms with Crippen LogP contribution in [0.5, 0.6) is 0 Å². The Morgan fingerprint density at radius 2 is 1.97 bits per heavy atom. The van der Waals surface area contributed by atoms with Crippen molar-refractivity contribution in [3.8, 4) is 0 Å². The zero-order chi connectivity index (χ0) is 21.9. The molecule has 1 aromatic rings. The van der Waals surface area contributed by atoms with Crippen molar-refractivity contribution < 1.29 is 19.2 Å². The summed E-state index contributed by atoms with van der Waals surface area (Å²) in [5.74, 6) is -0.914. The summed E-state index contributed by atoms with van der Waals surface area (Å²) in [5.41, 5.74) is -0.710. The van der Waals surface area contributed by atoms with E-state index in [-0.39, 0.29) is 36.2 Å². The highest BCUT2D eigenvalue weighted by Crippen LogP contribution is 2.35. The molecule has 3 rings (SSSR count). The summed E-state index contributed by atoms with van der Waals surface area (Å²) in [6.07, 6.45) is 3.71. The molecule has 1 aliphatic carbocycles. The minimum atomic E-state index is -0.710. The zero-order valence-corrected chi connectivity index (χ0v) is 18.7. The van der Waals surface area contributed by atoms with E-state index in [9.17, 15) is 19.2 Å². The van der Waals surface area contributed by atoms with Crippen molar-refractivity contribution >= 4 is 46.7 Å². The second-order valence-electron chi connectivity index (χ2n) is 8.12. The van der Waals surface area contributed by atoms with Gasteiger partial charge < -0.3 is 16.0 Å². The van der Waals surface area contributed by atoms with Gasteiger partial charge in [0.15, 0.2) is 0 Å². The predicted octanol–water partition coefficient (Wildman–Crippen LogP) is 2.53. The van der Waals surface area contributed by atoms with Crippen LogP contribution in [0.4, 0.5) is 4.79 Å². The van der Waals surface area contributed by atoms with Gasteiger partial charge in [-0.25, -0.2) is 4.79 Å². The average molecular weight is 455 g/mol. The molecule has 0 bridgehead atoms. The molecule has 1 saturated heterocycles. The number of rotatable bonds is 8. The predicted molar refractivity (Wildman–Crippen MR) is 114 cm³/mol. The Morgan fingerprint density at radius 1 is 1.27 bits per heavy atom. The molecule has 0 radical (unpaired) electrons. The van der Waals surface area contributed by atoms with Crippen LogP contribution in [-0.2, 0) is 9.59 Å². The molecule has 1 atom stereocenters. The first kappa shape index (κ1) is 22.6. The smallest absolute Gasteiger partial charge is 0.325 e. The third-order valence-electron chi connectivity index (χ3n) is 5.59. The maximum atomic E-state index is 12.6. The normalized spacial score (nSPS) is 18.7. The number of hydrogen-bond acceptors (Lipinski definition) is 5. The molecular weight excluding hydrogens is 428 g/mol. The summed E-state index contributed by atoms with van der Waals surface area (Å²) in [6, 6.07) is 2.20. The van der Waals surface area contributed by atoms with Crippen molar-refractivity contribution in [3.05, 3.63) is 21.3 Å². The van der Waals surface area contributed by atoms with E-state index < -0.39 is 11.6 Å². The van der Waals surface area contributed by atoms with Gasteiger partial charge in [-0.3, -0.25) is 19.3 Å². The number of nitrogens with one attached hydrogen (secondary N) is 3. The van der Waals surface area contributed by atoms with Gasteiger partial charge in [-0.15, -0.1) is 11.3 Å². The molecule has 30 heavy (non-hydrogen) atoms. The summed E-state index contributed by atoms with van der Waals surface area (Å²) in [4.78, 5) is 51.4. The van der Waals surface area contributed by atoms with E-state index in [0.29, 0.717) is 35.0 Å². The van der Waals surface area contributed by atoms with Gasteiger partial charge >= 0.3 is 6.03 Å². The fourth-order valence-corrected chi connectivity index (χ4v) is 4.89. The number of urea groups is 1. The average Bonchev–Trinajstić information content (AvgIpc) is 3.39. The molecule has 164 valence electrons. The highest BCUT2D eigenvalue weighted by atomic mass is 35.5. The van der Waals surface area contributed by atoms with Crippen molar-refractivity contribution in [2.75, 3.05) is 13.1 Å². The summed E-state index contributed by atoms with van der Waals surface area (Å²) in [6.45, 7) is 4.24. The van der Waals surface area contributed by atoms with Gasteiger partial charge in [0, 0.05) is 13.1 Å². The number of nitrogens with zero attached hydrogens (tertiary/aromatic N) is 1. The van der Waals surface area contributed by atoms with Crippen LogP contribution in [0, 0.1) is 5.92 Å². The minimum Gasteiger partial charge on any atom is -0.354 e. The topological polar surface area (TPSA) is 108 Å². The molecule has 1 aromatic heterocycles. The van der Waals surface area contributed by atoms with E-state index in [0.717, 1.165) is 24.2 Å². The monoisotopic (exact) mass is 454 g/mol. The van der Waals surface area contributed by atoms with Gasteiger partial charge in [0.25, 0.3) is 11.8 Å². The van der Waals surface area contributed by atoms with Gasteiger partial charge in [0.2, 0.25) is 5.91 Å². The van der Waals surface area contributed by atoms with E-state index >= 15 is 0 Å². The van der Waals surface area contributed by atoms with Crippen LogP contribution in [-0.4, -0.2) is 53.3 Å². The molecule has 0 aromatic carbocycles. The van der Waals surface area contributed by atoms with Crippen LogP contribution >= 0.6 is 22.9 Å². The lowest BCUT2D eigenvalue weighted by Gasteiger charge is -2.22. The summed E-state index contributed by atoms with van der Waals surface area (Å²) in [7, 11) is 0. The second kappa shape index (κ2) is 9.34. The summed E-state index contributed by atoms with van der Waals surface area (Å²) in [5, 5.41) is 8.39. The first-order valence-electron chi connectivity index (χ1n) is 10.2. The molecule has 1 saturated carbocycles. The number of halogens is 1. The van der Waals surface area contributed by atoms with E-state index in [4.69, 9.17) is 11.6 Å². The molecule has 0 unspecified atom stereocenters. The molecule has 8 nitrogen and oxygen atoms in total. The van der Waals surface area contributed by atoms with Gasteiger partial charge in [-0.05, 0) is 37.3 Å². The van der Waals surface area contributed by atoms with Crippen molar-refractivity contribution in [2.24, 2.45) is 5.92 Å². The lowest BCUT2D eigenvalue weighted by atomic mass is 9.98. The Kier molecular flexibility index (Phi) is 7.02. The van der Waals surface area contributed by atoms with Crippen LogP contribution in [0.3, 0.4) is 0 Å². The van der Waals surface area contributed by atoms with E-state index in [1.54, 1.807) is 12.1 Å². The first-order chi connectivity index (χ1) is 14.2.